The standard InChI is InChI=1S/C13H12F3N3O/c1-2-19(9-6-4-3-5-7-9)12-17-10(13(14,15)16)8-11(20)18-12/h3-8H,2H2,1H3,(H,17,18,20). The molecule has 0 aliphatic carbocycles. The normalized spacial score (nSPS) is 11.4. The predicted molar refractivity (Wildman–Crippen MR) is 69.0 cm³/mol. The lowest BCUT2D eigenvalue weighted by molar-refractivity contribution is -0.141. The number of halogens is 3. The highest BCUT2D eigenvalue weighted by molar-refractivity contribution is 5.56. The van der Waals surface area contributed by atoms with Crippen LogP contribution in [0.5, 0.6) is 0 Å². The number of aromatic amines is 1. The summed E-state index contributed by atoms with van der Waals surface area (Å²) in [5.74, 6) is -0.126. The van der Waals surface area contributed by atoms with Crippen LogP contribution < -0.4 is 10.5 Å². The Morgan fingerprint density at radius 1 is 1.25 bits per heavy atom. The lowest BCUT2D eigenvalue weighted by atomic mass is 10.3. The third kappa shape index (κ3) is 2.98. The number of anilines is 2. The SMILES string of the molecule is CCN(c1ccccc1)c1nc(C(F)(F)F)cc(=O)[nH]1. The number of rotatable bonds is 3. The maximum atomic E-state index is 12.7. The zero-order valence-corrected chi connectivity index (χ0v) is 10.6. The second-order valence-corrected chi connectivity index (χ2v) is 4.03. The van der Waals surface area contributed by atoms with Crippen molar-refractivity contribution in [1.82, 2.24) is 9.97 Å². The van der Waals surface area contributed by atoms with E-state index < -0.39 is 17.4 Å². The zero-order chi connectivity index (χ0) is 14.8. The van der Waals surface area contributed by atoms with Gasteiger partial charge in [0.25, 0.3) is 5.56 Å². The molecule has 0 spiro atoms. The molecular weight excluding hydrogens is 271 g/mol. The molecule has 1 aromatic carbocycles. The van der Waals surface area contributed by atoms with Crippen molar-refractivity contribution in [3.05, 3.63) is 52.4 Å². The summed E-state index contributed by atoms with van der Waals surface area (Å²) in [6, 6.07) is 9.20. The highest BCUT2D eigenvalue weighted by atomic mass is 19.4. The molecule has 7 heteroatoms. The zero-order valence-electron chi connectivity index (χ0n) is 10.6. The summed E-state index contributed by atoms with van der Waals surface area (Å²) in [4.78, 5) is 18.7. The van der Waals surface area contributed by atoms with Crippen LogP contribution in [0.4, 0.5) is 24.8 Å². The molecule has 0 aliphatic heterocycles. The van der Waals surface area contributed by atoms with Gasteiger partial charge in [-0.3, -0.25) is 9.78 Å². The lowest BCUT2D eigenvalue weighted by Gasteiger charge is -2.22. The van der Waals surface area contributed by atoms with Gasteiger partial charge in [0.2, 0.25) is 5.95 Å². The molecule has 1 N–H and O–H groups in total. The summed E-state index contributed by atoms with van der Waals surface area (Å²) in [6.07, 6.45) is -4.65. The monoisotopic (exact) mass is 283 g/mol. The smallest absolute Gasteiger partial charge is 0.312 e. The number of nitrogens with zero attached hydrogens (tertiary/aromatic N) is 2. The number of para-hydroxylation sites is 1. The Labute approximate surface area is 112 Å². The Hall–Kier alpha value is -2.31. The van der Waals surface area contributed by atoms with Crippen LogP contribution in [0.1, 0.15) is 12.6 Å². The van der Waals surface area contributed by atoms with Gasteiger partial charge in [0.05, 0.1) is 0 Å². The molecule has 0 aliphatic rings. The number of H-pyrrole nitrogens is 1. The fraction of sp³-hybridized carbons (Fsp3) is 0.231. The van der Waals surface area contributed by atoms with Crippen molar-refractivity contribution in [3.63, 3.8) is 0 Å². The van der Waals surface area contributed by atoms with Crippen LogP contribution in [0.15, 0.2) is 41.2 Å². The second kappa shape index (κ2) is 5.36. The van der Waals surface area contributed by atoms with Gasteiger partial charge >= 0.3 is 6.18 Å². The van der Waals surface area contributed by atoms with Gasteiger partial charge < -0.3 is 4.90 Å². The molecule has 106 valence electrons. The van der Waals surface area contributed by atoms with E-state index in [9.17, 15) is 18.0 Å². The first kappa shape index (κ1) is 14.1. The average Bonchev–Trinajstić information content (AvgIpc) is 2.39. The summed E-state index contributed by atoms with van der Waals surface area (Å²) in [5, 5.41) is 0. The number of hydrogen-bond donors (Lipinski definition) is 1. The van der Waals surface area contributed by atoms with Gasteiger partial charge in [-0.15, -0.1) is 0 Å². The van der Waals surface area contributed by atoms with Crippen LogP contribution in [-0.4, -0.2) is 16.5 Å². The Bertz CT molecular complexity index is 637. The Morgan fingerprint density at radius 2 is 1.90 bits per heavy atom. The number of hydrogen-bond acceptors (Lipinski definition) is 3. The van der Waals surface area contributed by atoms with E-state index >= 15 is 0 Å². The van der Waals surface area contributed by atoms with E-state index in [2.05, 4.69) is 9.97 Å². The van der Waals surface area contributed by atoms with Crippen LogP contribution in [0, 0.1) is 0 Å². The van der Waals surface area contributed by atoms with Crippen LogP contribution >= 0.6 is 0 Å². The number of nitrogens with one attached hydrogen (secondary N) is 1. The topological polar surface area (TPSA) is 49.0 Å². The first-order valence-corrected chi connectivity index (χ1v) is 5.93. The summed E-state index contributed by atoms with van der Waals surface area (Å²) in [7, 11) is 0. The molecule has 0 bridgehead atoms. The molecule has 0 saturated carbocycles. The van der Waals surface area contributed by atoms with E-state index in [1.165, 1.54) is 4.90 Å². The third-order valence-corrected chi connectivity index (χ3v) is 2.66. The van der Waals surface area contributed by atoms with E-state index in [4.69, 9.17) is 0 Å². The first-order valence-electron chi connectivity index (χ1n) is 5.93. The largest absolute Gasteiger partial charge is 0.433 e. The number of benzene rings is 1. The summed E-state index contributed by atoms with van der Waals surface area (Å²) >= 11 is 0. The first-order chi connectivity index (χ1) is 9.41. The Kier molecular flexibility index (Phi) is 3.78. The van der Waals surface area contributed by atoms with E-state index in [-0.39, 0.29) is 5.95 Å². The van der Waals surface area contributed by atoms with Gasteiger partial charge in [0, 0.05) is 18.3 Å². The average molecular weight is 283 g/mol. The summed E-state index contributed by atoms with van der Waals surface area (Å²) in [5.41, 5.74) is -1.39. The van der Waals surface area contributed by atoms with Gasteiger partial charge in [-0.25, -0.2) is 4.98 Å². The molecule has 2 aromatic rings. The molecule has 0 atom stereocenters. The molecule has 0 saturated heterocycles. The van der Waals surface area contributed by atoms with Crippen molar-refractivity contribution >= 4 is 11.6 Å². The molecular formula is C13H12F3N3O. The molecule has 20 heavy (non-hydrogen) atoms. The van der Waals surface area contributed by atoms with Crippen LogP contribution in [0.2, 0.25) is 0 Å². The molecule has 1 aromatic heterocycles. The van der Waals surface area contributed by atoms with Gasteiger partial charge in [-0.2, -0.15) is 13.2 Å². The van der Waals surface area contributed by atoms with Crippen molar-refractivity contribution < 1.29 is 13.2 Å². The predicted octanol–water partition coefficient (Wildman–Crippen LogP) is 2.95. The lowest BCUT2D eigenvalue weighted by Crippen LogP contribution is -2.25. The van der Waals surface area contributed by atoms with Crippen LogP contribution in [0.25, 0.3) is 0 Å². The maximum Gasteiger partial charge on any atom is 0.433 e. The van der Waals surface area contributed by atoms with E-state index in [0.717, 1.165) is 0 Å². The van der Waals surface area contributed by atoms with Gasteiger partial charge in [0.1, 0.15) is 0 Å². The molecule has 0 fully saturated rings. The second-order valence-electron chi connectivity index (χ2n) is 4.03. The van der Waals surface area contributed by atoms with E-state index in [1.54, 1.807) is 37.3 Å². The quantitative estimate of drug-likeness (QED) is 0.942. The van der Waals surface area contributed by atoms with Gasteiger partial charge in [-0.05, 0) is 19.1 Å². The molecule has 4 nitrogen and oxygen atoms in total. The van der Waals surface area contributed by atoms with Crippen molar-refractivity contribution in [3.8, 4) is 0 Å². The van der Waals surface area contributed by atoms with Gasteiger partial charge in [-0.1, -0.05) is 18.2 Å². The molecule has 2 rings (SSSR count). The van der Waals surface area contributed by atoms with Crippen LogP contribution in [-0.2, 0) is 6.18 Å². The van der Waals surface area contributed by atoms with Crippen molar-refractivity contribution in [2.75, 3.05) is 11.4 Å². The van der Waals surface area contributed by atoms with E-state index in [1.807, 2.05) is 0 Å². The Balaban J connectivity index is 2.51. The fourth-order valence-corrected chi connectivity index (χ4v) is 1.78. The minimum Gasteiger partial charge on any atom is -0.312 e. The molecule has 1 heterocycles. The van der Waals surface area contributed by atoms with Crippen molar-refractivity contribution in [2.24, 2.45) is 0 Å². The van der Waals surface area contributed by atoms with Gasteiger partial charge in [0.15, 0.2) is 5.69 Å². The van der Waals surface area contributed by atoms with Crippen molar-refractivity contribution in [1.29, 1.82) is 0 Å². The maximum absolute atomic E-state index is 12.7. The van der Waals surface area contributed by atoms with Crippen LogP contribution in [0.3, 0.4) is 0 Å². The summed E-state index contributed by atoms with van der Waals surface area (Å²) in [6.45, 7) is 2.13. The summed E-state index contributed by atoms with van der Waals surface area (Å²) < 4.78 is 38.1. The minimum absolute atomic E-state index is 0.126. The Morgan fingerprint density at radius 3 is 2.45 bits per heavy atom. The van der Waals surface area contributed by atoms with E-state index in [0.29, 0.717) is 18.3 Å². The third-order valence-electron chi connectivity index (χ3n) is 2.66. The molecule has 0 amide bonds. The molecule has 0 radical (unpaired) electrons. The molecule has 0 unspecified atom stereocenters. The minimum atomic E-state index is -4.65. The fourth-order valence-electron chi connectivity index (χ4n) is 1.78. The number of aromatic nitrogens is 2. The highest BCUT2D eigenvalue weighted by Gasteiger charge is 2.34. The highest BCUT2D eigenvalue weighted by Crippen LogP contribution is 2.28. The van der Waals surface area contributed by atoms with Crippen molar-refractivity contribution in [2.45, 2.75) is 13.1 Å². The number of alkyl halides is 3.